The van der Waals surface area contributed by atoms with Crippen molar-refractivity contribution < 1.29 is 14.1 Å². The highest BCUT2D eigenvalue weighted by Gasteiger charge is 2.50. The fourth-order valence-corrected chi connectivity index (χ4v) is 2.92. The third kappa shape index (κ3) is 2.90. The van der Waals surface area contributed by atoms with Gasteiger partial charge in [-0.15, -0.1) is 0 Å². The standard InChI is InChI=1S/C18H22N4O3/c1-11-8-6-7-9-12(11)18(5)15(23)22(16(24)20-18)10-13-19-14(21-25-13)17(2,3)4/h6-9H,10H2,1-5H3,(H,20,24)/t18-/m0/s1. The van der Waals surface area contributed by atoms with Crippen molar-refractivity contribution >= 4 is 11.9 Å². The Labute approximate surface area is 146 Å². The molecule has 1 aliphatic heterocycles. The third-order valence-electron chi connectivity index (χ3n) is 4.39. The smallest absolute Gasteiger partial charge is 0.325 e. The van der Waals surface area contributed by atoms with Gasteiger partial charge in [-0.2, -0.15) is 4.98 Å². The largest absolute Gasteiger partial charge is 0.337 e. The van der Waals surface area contributed by atoms with Crippen molar-refractivity contribution in [3.05, 3.63) is 47.1 Å². The van der Waals surface area contributed by atoms with Crippen LogP contribution < -0.4 is 5.32 Å². The molecule has 0 aliphatic carbocycles. The van der Waals surface area contributed by atoms with Crippen LogP contribution in [0.15, 0.2) is 28.8 Å². The summed E-state index contributed by atoms with van der Waals surface area (Å²) in [6, 6.07) is 7.04. The number of carbonyl (C=O) groups excluding carboxylic acids is 2. The molecule has 2 heterocycles. The maximum absolute atomic E-state index is 13.0. The normalized spacial score (nSPS) is 20.9. The first-order valence-electron chi connectivity index (χ1n) is 8.16. The van der Waals surface area contributed by atoms with E-state index in [1.165, 1.54) is 0 Å². The van der Waals surface area contributed by atoms with Gasteiger partial charge in [-0.3, -0.25) is 9.69 Å². The van der Waals surface area contributed by atoms with E-state index in [0.29, 0.717) is 5.82 Å². The van der Waals surface area contributed by atoms with Gasteiger partial charge < -0.3 is 9.84 Å². The molecule has 7 heteroatoms. The molecule has 1 atom stereocenters. The number of hydrogen-bond donors (Lipinski definition) is 1. The van der Waals surface area contributed by atoms with E-state index in [1.54, 1.807) is 6.92 Å². The summed E-state index contributed by atoms with van der Waals surface area (Å²) in [7, 11) is 0. The van der Waals surface area contributed by atoms with Crippen molar-refractivity contribution in [2.45, 2.75) is 52.1 Å². The Kier molecular flexibility index (Phi) is 3.89. The molecule has 0 saturated carbocycles. The molecule has 0 unspecified atom stereocenters. The summed E-state index contributed by atoms with van der Waals surface area (Å²) in [5, 5.41) is 6.72. The molecule has 3 amide bonds. The first kappa shape index (κ1) is 17.1. The number of rotatable bonds is 3. The predicted molar refractivity (Wildman–Crippen MR) is 90.6 cm³/mol. The number of nitrogens with one attached hydrogen (secondary N) is 1. The predicted octanol–water partition coefficient (Wildman–Crippen LogP) is 2.64. The second-order valence-electron chi connectivity index (χ2n) is 7.52. The first-order chi connectivity index (χ1) is 11.6. The van der Waals surface area contributed by atoms with Crippen LogP contribution in [-0.4, -0.2) is 27.0 Å². The molecule has 1 saturated heterocycles. The summed E-state index contributed by atoms with van der Waals surface area (Å²) in [5.74, 6) is 0.445. The van der Waals surface area contributed by atoms with E-state index in [9.17, 15) is 9.59 Å². The van der Waals surface area contributed by atoms with E-state index in [0.717, 1.165) is 16.0 Å². The number of urea groups is 1. The Morgan fingerprint density at radius 1 is 1.24 bits per heavy atom. The molecular weight excluding hydrogens is 320 g/mol. The Morgan fingerprint density at radius 3 is 2.52 bits per heavy atom. The van der Waals surface area contributed by atoms with Crippen LogP contribution in [0.25, 0.3) is 0 Å². The number of carbonyl (C=O) groups is 2. The Balaban J connectivity index is 1.87. The molecule has 2 aromatic rings. The number of imide groups is 1. The lowest BCUT2D eigenvalue weighted by atomic mass is 9.88. The fourth-order valence-electron chi connectivity index (χ4n) is 2.92. The molecular formula is C18H22N4O3. The third-order valence-corrected chi connectivity index (χ3v) is 4.39. The van der Waals surface area contributed by atoms with Gasteiger partial charge in [0, 0.05) is 5.41 Å². The summed E-state index contributed by atoms with van der Waals surface area (Å²) >= 11 is 0. The lowest BCUT2D eigenvalue weighted by Crippen LogP contribution is -2.41. The van der Waals surface area contributed by atoms with Crippen LogP contribution in [-0.2, 0) is 22.3 Å². The van der Waals surface area contributed by atoms with Crippen LogP contribution in [0, 0.1) is 6.92 Å². The Bertz CT molecular complexity index is 837. The zero-order valence-corrected chi connectivity index (χ0v) is 15.1. The number of nitrogens with zero attached hydrogens (tertiary/aromatic N) is 3. The quantitative estimate of drug-likeness (QED) is 0.866. The monoisotopic (exact) mass is 342 g/mol. The highest BCUT2D eigenvalue weighted by atomic mass is 16.5. The summed E-state index contributed by atoms with van der Waals surface area (Å²) in [6.45, 7) is 9.47. The van der Waals surface area contributed by atoms with Crippen LogP contribution in [0.1, 0.15) is 50.5 Å². The minimum atomic E-state index is -1.10. The van der Waals surface area contributed by atoms with Gasteiger partial charge in [-0.05, 0) is 25.0 Å². The van der Waals surface area contributed by atoms with Gasteiger partial charge in [0.25, 0.3) is 5.91 Å². The second-order valence-corrected chi connectivity index (χ2v) is 7.52. The molecule has 0 bridgehead atoms. The molecule has 1 aromatic heterocycles. The van der Waals surface area contributed by atoms with Gasteiger partial charge in [-0.25, -0.2) is 4.79 Å². The van der Waals surface area contributed by atoms with Crippen LogP contribution in [0.4, 0.5) is 4.79 Å². The fraction of sp³-hybridized carbons (Fsp3) is 0.444. The Morgan fingerprint density at radius 2 is 1.92 bits per heavy atom. The molecule has 132 valence electrons. The van der Waals surface area contributed by atoms with Crippen LogP contribution in [0.5, 0.6) is 0 Å². The zero-order chi connectivity index (χ0) is 18.4. The van der Waals surface area contributed by atoms with Gasteiger partial charge in [-0.1, -0.05) is 50.2 Å². The van der Waals surface area contributed by atoms with E-state index >= 15 is 0 Å². The molecule has 25 heavy (non-hydrogen) atoms. The molecule has 7 nitrogen and oxygen atoms in total. The van der Waals surface area contributed by atoms with E-state index in [4.69, 9.17) is 4.52 Å². The van der Waals surface area contributed by atoms with Crippen molar-refractivity contribution in [3.8, 4) is 0 Å². The topological polar surface area (TPSA) is 88.3 Å². The van der Waals surface area contributed by atoms with E-state index in [2.05, 4.69) is 15.5 Å². The van der Waals surface area contributed by atoms with Gasteiger partial charge in [0.05, 0.1) is 0 Å². The van der Waals surface area contributed by atoms with E-state index in [1.807, 2.05) is 52.0 Å². The molecule has 1 N–H and O–H groups in total. The zero-order valence-electron chi connectivity index (χ0n) is 15.1. The molecule has 1 aliphatic rings. The minimum absolute atomic E-state index is 0.0464. The molecule has 3 rings (SSSR count). The maximum atomic E-state index is 13.0. The summed E-state index contributed by atoms with van der Waals surface area (Å²) in [6.07, 6.45) is 0. The summed E-state index contributed by atoms with van der Waals surface area (Å²) in [4.78, 5) is 30.8. The lowest BCUT2D eigenvalue weighted by Gasteiger charge is -2.23. The molecule has 0 spiro atoms. The highest BCUT2D eigenvalue weighted by Crippen LogP contribution is 2.31. The first-order valence-corrected chi connectivity index (χ1v) is 8.16. The number of amides is 3. The average Bonchev–Trinajstić information content (AvgIpc) is 3.08. The number of hydrogen-bond acceptors (Lipinski definition) is 5. The maximum Gasteiger partial charge on any atom is 0.325 e. The van der Waals surface area contributed by atoms with Gasteiger partial charge in [0.2, 0.25) is 5.89 Å². The number of aryl methyl sites for hydroxylation is 1. The van der Waals surface area contributed by atoms with Crippen molar-refractivity contribution in [1.82, 2.24) is 20.4 Å². The molecule has 0 radical (unpaired) electrons. The van der Waals surface area contributed by atoms with Crippen molar-refractivity contribution in [1.29, 1.82) is 0 Å². The van der Waals surface area contributed by atoms with Crippen LogP contribution >= 0.6 is 0 Å². The number of aromatic nitrogens is 2. The van der Waals surface area contributed by atoms with E-state index in [-0.39, 0.29) is 23.8 Å². The second kappa shape index (κ2) is 5.68. The number of benzene rings is 1. The lowest BCUT2D eigenvalue weighted by molar-refractivity contribution is -0.131. The Hall–Kier alpha value is -2.70. The van der Waals surface area contributed by atoms with Crippen molar-refractivity contribution in [2.24, 2.45) is 0 Å². The van der Waals surface area contributed by atoms with Crippen LogP contribution in [0.2, 0.25) is 0 Å². The molecule has 1 aromatic carbocycles. The van der Waals surface area contributed by atoms with Crippen LogP contribution in [0.3, 0.4) is 0 Å². The minimum Gasteiger partial charge on any atom is -0.337 e. The molecule has 1 fully saturated rings. The SMILES string of the molecule is Cc1ccccc1[C@]1(C)NC(=O)N(Cc2nc(C(C)(C)C)no2)C1=O. The van der Waals surface area contributed by atoms with E-state index < -0.39 is 11.6 Å². The van der Waals surface area contributed by atoms with Gasteiger partial charge in [0.1, 0.15) is 12.1 Å². The highest BCUT2D eigenvalue weighted by molar-refractivity contribution is 6.07. The van der Waals surface area contributed by atoms with Gasteiger partial charge >= 0.3 is 6.03 Å². The van der Waals surface area contributed by atoms with Crippen molar-refractivity contribution in [2.75, 3.05) is 0 Å². The van der Waals surface area contributed by atoms with Gasteiger partial charge in [0.15, 0.2) is 5.82 Å². The summed E-state index contributed by atoms with van der Waals surface area (Å²) in [5.41, 5.74) is 0.342. The average molecular weight is 342 g/mol. The van der Waals surface area contributed by atoms with Crippen molar-refractivity contribution in [3.63, 3.8) is 0 Å². The summed E-state index contributed by atoms with van der Waals surface area (Å²) < 4.78 is 5.21.